The highest BCUT2D eigenvalue weighted by Crippen LogP contribution is 2.22. The third-order valence-corrected chi connectivity index (χ3v) is 4.33. The summed E-state index contributed by atoms with van der Waals surface area (Å²) in [6.07, 6.45) is 2.68. The normalized spacial score (nSPS) is 10.9. The Morgan fingerprint density at radius 2 is 2.29 bits per heavy atom. The van der Waals surface area contributed by atoms with Gasteiger partial charge in [0.25, 0.3) is 0 Å². The number of thiophene rings is 1. The first-order valence-corrected chi connectivity index (χ1v) is 7.58. The molecule has 5 nitrogen and oxygen atoms in total. The van der Waals surface area contributed by atoms with Crippen molar-refractivity contribution in [1.29, 1.82) is 0 Å². The molecule has 0 aliphatic carbocycles. The van der Waals surface area contributed by atoms with E-state index in [2.05, 4.69) is 28.7 Å². The second-order valence-electron chi connectivity index (χ2n) is 4.62. The molecule has 3 aromatic heterocycles. The Morgan fingerprint density at radius 1 is 1.43 bits per heavy atom. The molecule has 6 heteroatoms. The molecule has 0 aliphatic rings. The van der Waals surface area contributed by atoms with Crippen LogP contribution in [-0.2, 0) is 13.0 Å². The van der Waals surface area contributed by atoms with Gasteiger partial charge in [-0.3, -0.25) is 4.40 Å². The van der Waals surface area contributed by atoms with E-state index in [1.54, 1.807) is 34.1 Å². The van der Waals surface area contributed by atoms with Crippen molar-refractivity contribution in [3.63, 3.8) is 0 Å². The molecule has 0 bridgehead atoms. The Bertz CT molecular complexity index is 791. The summed E-state index contributed by atoms with van der Waals surface area (Å²) >= 11 is 1.67. The van der Waals surface area contributed by atoms with E-state index in [9.17, 15) is 9.90 Å². The van der Waals surface area contributed by atoms with E-state index in [0.29, 0.717) is 18.0 Å². The van der Waals surface area contributed by atoms with Gasteiger partial charge in [0.2, 0.25) is 0 Å². The van der Waals surface area contributed by atoms with E-state index in [1.165, 1.54) is 10.4 Å². The molecule has 108 valence electrons. The van der Waals surface area contributed by atoms with E-state index >= 15 is 0 Å². The number of aromatic carboxylic acids is 1. The highest BCUT2D eigenvalue weighted by molar-refractivity contribution is 7.10. The number of nitrogens with one attached hydrogen (secondary N) is 1. The summed E-state index contributed by atoms with van der Waals surface area (Å²) in [5.74, 6) is -0.581. The minimum absolute atomic E-state index is 0.167. The third kappa shape index (κ3) is 2.50. The minimum atomic E-state index is -0.988. The molecule has 0 radical (unpaired) electrons. The van der Waals surface area contributed by atoms with Gasteiger partial charge in [0, 0.05) is 11.1 Å². The van der Waals surface area contributed by atoms with Crippen LogP contribution in [0.4, 0.5) is 5.82 Å². The van der Waals surface area contributed by atoms with E-state index in [1.807, 2.05) is 6.07 Å². The van der Waals surface area contributed by atoms with Crippen molar-refractivity contribution in [3.05, 3.63) is 52.0 Å². The molecular weight excluding hydrogens is 286 g/mol. The van der Waals surface area contributed by atoms with Crippen LogP contribution in [0.25, 0.3) is 5.65 Å². The fourth-order valence-corrected chi connectivity index (χ4v) is 3.24. The number of carboxylic acid groups (broad SMARTS) is 1. The lowest BCUT2D eigenvalue weighted by Crippen LogP contribution is -2.08. The van der Waals surface area contributed by atoms with Gasteiger partial charge in [0.15, 0.2) is 11.5 Å². The summed E-state index contributed by atoms with van der Waals surface area (Å²) in [6.45, 7) is 2.70. The number of aromatic nitrogens is 2. The fraction of sp³-hybridized carbons (Fsp3) is 0.200. The van der Waals surface area contributed by atoms with E-state index in [-0.39, 0.29) is 5.69 Å². The maximum absolute atomic E-state index is 11.5. The number of hydrogen-bond acceptors (Lipinski definition) is 4. The second-order valence-corrected chi connectivity index (χ2v) is 5.62. The van der Waals surface area contributed by atoms with Crippen molar-refractivity contribution >= 4 is 28.8 Å². The molecule has 3 rings (SSSR count). The summed E-state index contributed by atoms with van der Waals surface area (Å²) in [5, 5.41) is 14.6. The Kier molecular flexibility index (Phi) is 3.62. The van der Waals surface area contributed by atoms with Crippen LogP contribution in [0, 0.1) is 0 Å². The Hall–Kier alpha value is -2.34. The molecule has 3 heterocycles. The van der Waals surface area contributed by atoms with Gasteiger partial charge in [-0.25, -0.2) is 9.78 Å². The first-order valence-electron chi connectivity index (χ1n) is 6.70. The zero-order valence-corrected chi connectivity index (χ0v) is 12.4. The molecule has 0 aliphatic heterocycles. The second kappa shape index (κ2) is 5.57. The van der Waals surface area contributed by atoms with Crippen molar-refractivity contribution < 1.29 is 9.90 Å². The Morgan fingerprint density at radius 3 is 3.05 bits per heavy atom. The average molecular weight is 301 g/mol. The number of nitrogens with zero attached hydrogens (tertiary/aromatic N) is 2. The number of carbonyl (C=O) groups is 1. The molecule has 0 fully saturated rings. The first kappa shape index (κ1) is 13.6. The number of rotatable bonds is 5. The van der Waals surface area contributed by atoms with Crippen molar-refractivity contribution in [3.8, 4) is 0 Å². The standard InChI is InChI=1S/C15H15N3O2S/c1-2-10-6-8-21-11(10)9-16-14-13(15(19)20)18-7-4-3-5-12(18)17-14/h3-8,16H,2,9H2,1H3,(H,19,20). The van der Waals surface area contributed by atoms with Gasteiger partial charge in [0.1, 0.15) is 5.65 Å². The van der Waals surface area contributed by atoms with Crippen molar-refractivity contribution in [2.45, 2.75) is 19.9 Å². The molecule has 0 atom stereocenters. The lowest BCUT2D eigenvalue weighted by Gasteiger charge is -2.05. The zero-order chi connectivity index (χ0) is 14.8. The number of anilines is 1. The third-order valence-electron chi connectivity index (χ3n) is 3.37. The maximum atomic E-state index is 11.5. The van der Waals surface area contributed by atoms with Gasteiger partial charge in [-0.2, -0.15) is 0 Å². The molecule has 0 unspecified atom stereocenters. The quantitative estimate of drug-likeness (QED) is 0.759. The lowest BCUT2D eigenvalue weighted by molar-refractivity contribution is 0.0690. The van der Waals surface area contributed by atoms with Crippen LogP contribution in [0.2, 0.25) is 0 Å². The molecule has 0 amide bonds. The molecule has 0 spiro atoms. The Balaban J connectivity index is 1.93. The molecule has 0 saturated carbocycles. The predicted molar refractivity (Wildman–Crippen MR) is 83.2 cm³/mol. The highest BCUT2D eigenvalue weighted by Gasteiger charge is 2.18. The van der Waals surface area contributed by atoms with Crippen molar-refractivity contribution in [2.24, 2.45) is 0 Å². The number of pyridine rings is 1. The molecule has 0 aromatic carbocycles. The summed E-state index contributed by atoms with van der Waals surface area (Å²) in [6, 6.07) is 7.52. The molecule has 2 N–H and O–H groups in total. The van der Waals surface area contributed by atoms with Gasteiger partial charge >= 0.3 is 5.97 Å². The van der Waals surface area contributed by atoms with Gasteiger partial charge < -0.3 is 10.4 Å². The highest BCUT2D eigenvalue weighted by atomic mass is 32.1. The lowest BCUT2D eigenvalue weighted by atomic mass is 10.2. The molecular formula is C15H15N3O2S. The first-order chi connectivity index (χ1) is 10.2. The SMILES string of the molecule is CCc1ccsc1CNc1nc2ccccn2c1C(=O)O. The van der Waals surface area contributed by atoms with Crippen LogP contribution >= 0.6 is 11.3 Å². The monoisotopic (exact) mass is 301 g/mol. The zero-order valence-electron chi connectivity index (χ0n) is 11.5. The Labute approximate surface area is 125 Å². The summed E-state index contributed by atoms with van der Waals surface area (Å²) in [4.78, 5) is 17.1. The minimum Gasteiger partial charge on any atom is -0.476 e. The number of fused-ring (bicyclic) bond motifs is 1. The van der Waals surface area contributed by atoms with Gasteiger partial charge in [0.05, 0.1) is 6.54 Å². The number of carboxylic acids is 1. The van der Waals surface area contributed by atoms with E-state index in [4.69, 9.17) is 0 Å². The van der Waals surface area contributed by atoms with E-state index < -0.39 is 5.97 Å². The molecule has 21 heavy (non-hydrogen) atoms. The maximum Gasteiger partial charge on any atom is 0.356 e. The van der Waals surface area contributed by atoms with Gasteiger partial charge in [-0.05, 0) is 35.6 Å². The van der Waals surface area contributed by atoms with Crippen molar-refractivity contribution in [2.75, 3.05) is 5.32 Å². The van der Waals surface area contributed by atoms with Gasteiger partial charge in [-0.15, -0.1) is 11.3 Å². The fourth-order valence-electron chi connectivity index (χ4n) is 2.32. The van der Waals surface area contributed by atoms with Crippen LogP contribution in [0.5, 0.6) is 0 Å². The average Bonchev–Trinajstić information content (AvgIpc) is 3.08. The van der Waals surface area contributed by atoms with E-state index in [0.717, 1.165) is 6.42 Å². The summed E-state index contributed by atoms with van der Waals surface area (Å²) in [5.41, 5.74) is 2.08. The van der Waals surface area contributed by atoms with Crippen LogP contribution in [-0.4, -0.2) is 20.5 Å². The summed E-state index contributed by atoms with van der Waals surface area (Å²) in [7, 11) is 0. The van der Waals surface area contributed by atoms with Crippen LogP contribution in [0.15, 0.2) is 35.8 Å². The predicted octanol–water partition coefficient (Wildman–Crippen LogP) is 3.27. The topological polar surface area (TPSA) is 66.6 Å². The van der Waals surface area contributed by atoms with Crippen LogP contribution in [0.3, 0.4) is 0 Å². The number of aryl methyl sites for hydroxylation is 1. The smallest absolute Gasteiger partial charge is 0.356 e. The van der Waals surface area contributed by atoms with Gasteiger partial charge in [-0.1, -0.05) is 13.0 Å². The van der Waals surface area contributed by atoms with Crippen LogP contribution < -0.4 is 5.32 Å². The largest absolute Gasteiger partial charge is 0.476 e. The number of imidazole rings is 1. The summed E-state index contributed by atoms with van der Waals surface area (Å²) < 4.78 is 1.58. The van der Waals surface area contributed by atoms with Crippen molar-refractivity contribution in [1.82, 2.24) is 9.38 Å². The number of hydrogen-bond donors (Lipinski definition) is 2. The molecule has 3 aromatic rings. The molecule has 0 saturated heterocycles. The van der Waals surface area contributed by atoms with Crippen LogP contribution in [0.1, 0.15) is 27.9 Å².